The summed E-state index contributed by atoms with van der Waals surface area (Å²) < 4.78 is 0. The van der Waals surface area contributed by atoms with Gasteiger partial charge in [-0.2, -0.15) is 0 Å². The van der Waals surface area contributed by atoms with E-state index in [0.717, 1.165) is 5.92 Å². The van der Waals surface area contributed by atoms with E-state index in [1.54, 1.807) is 0 Å². The molecule has 0 saturated carbocycles. The molecule has 2 nitrogen and oxygen atoms in total. The fraction of sp³-hybridized carbons (Fsp3) is 1.00. The molecule has 1 heterocycles. The zero-order valence-corrected chi connectivity index (χ0v) is 10.3. The Bertz CT molecular complexity index is 160. The van der Waals surface area contributed by atoms with Crippen molar-refractivity contribution in [1.82, 2.24) is 10.2 Å². The normalized spacial score (nSPS) is 28.7. The minimum atomic E-state index is 0.502. The first kappa shape index (κ1) is 12.0. The largest absolute Gasteiger partial charge is 0.316 e. The maximum Gasteiger partial charge on any atom is 0.00446 e. The van der Waals surface area contributed by atoms with Crippen LogP contribution in [0.5, 0.6) is 0 Å². The molecule has 14 heavy (non-hydrogen) atoms. The number of nitrogens with zero attached hydrogens (tertiary/aromatic N) is 1. The zero-order chi connectivity index (χ0) is 10.6. The summed E-state index contributed by atoms with van der Waals surface area (Å²) in [6.45, 7) is 11.8. The molecular weight excluding hydrogens is 172 g/mol. The lowest BCUT2D eigenvalue weighted by atomic mass is 9.82. The topological polar surface area (TPSA) is 15.3 Å². The van der Waals surface area contributed by atoms with Crippen molar-refractivity contribution in [3.05, 3.63) is 0 Å². The fourth-order valence-electron chi connectivity index (χ4n) is 2.59. The lowest BCUT2D eigenvalue weighted by Gasteiger charge is -2.37. The van der Waals surface area contributed by atoms with Gasteiger partial charge in [0, 0.05) is 19.6 Å². The Balaban J connectivity index is 2.33. The molecule has 0 radical (unpaired) electrons. The fourth-order valence-corrected chi connectivity index (χ4v) is 2.59. The highest BCUT2D eigenvalue weighted by Crippen LogP contribution is 2.26. The Morgan fingerprint density at radius 3 is 2.64 bits per heavy atom. The van der Waals surface area contributed by atoms with E-state index < -0.39 is 0 Å². The highest BCUT2D eigenvalue weighted by atomic mass is 15.1. The van der Waals surface area contributed by atoms with Crippen LogP contribution in [0.25, 0.3) is 0 Å². The summed E-state index contributed by atoms with van der Waals surface area (Å²) in [7, 11) is 2.25. The molecule has 1 fully saturated rings. The highest BCUT2D eigenvalue weighted by Gasteiger charge is 2.27. The van der Waals surface area contributed by atoms with Crippen LogP contribution in [0, 0.1) is 11.3 Å². The van der Waals surface area contributed by atoms with Crippen LogP contribution < -0.4 is 5.32 Å². The molecule has 2 heteroatoms. The monoisotopic (exact) mass is 198 g/mol. The van der Waals surface area contributed by atoms with E-state index in [-0.39, 0.29) is 0 Å². The minimum Gasteiger partial charge on any atom is -0.316 e. The summed E-state index contributed by atoms with van der Waals surface area (Å²) in [5.74, 6) is 0.778. The van der Waals surface area contributed by atoms with Gasteiger partial charge in [-0.3, -0.25) is 0 Å². The van der Waals surface area contributed by atoms with Gasteiger partial charge in [0.25, 0.3) is 0 Å². The number of hydrogen-bond donors (Lipinski definition) is 1. The molecule has 0 aromatic carbocycles. The van der Waals surface area contributed by atoms with Crippen molar-refractivity contribution in [1.29, 1.82) is 0 Å². The van der Waals surface area contributed by atoms with Crippen LogP contribution in [0.4, 0.5) is 0 Å². The van der Waals surface area contributed by atoms with E-state index in [1.165, 1.54) is 39.0 Å². The van der Waals surface area contributed by atoms with E-state index in [2.05, 4.69) is 38.0 Å². The van der Waals surface area contributed by atoms with Gasteiger partial charge in [0.05, 0.1) is 0 Å². The smallest absolute Gasteiger partial charge is 0.00446 e. The van der Waals surface area contributed by atoms with Gasteiger partial charge in [0.1, 0.15) is 0 Å². The standard InChI is InChI=1S/C12H26N2/c1-11(2)8-14(4)10-12(3)6-5-7-13-9-12/h11,13H,5-10H2,1-4H3. The van der Waals surface area contributed by atoms with E-state index in [1.807, 2.05) is 0 Å². The molecule has 1 atom stereocenters. The van der Waals surface area contributed by atoms with Crippen LogP contribution in [0.2, 0.25) is 0 Å². The molecule has 1 N–H and O–H groups in total. The van der Waals surface area contributed by atoms with Crippen molar-refractivity contribution in [3.8, 4) is 0 Å². The summed E-state index contributed by atoms with van der Waals surface area (Å²) in [5, 5.41) is 3.51. The average Bonchev–Trinajstić information content (AvgIpc) is 2.02. The van der Waals surface area contributed by atoms with Crippen LogP contribution in [-0.2, 0) is 0 Å². The van der Waals surface area contributed by atoms with Crippen LogP contribution >= 0.6 is 0 Å². The Morgan fingerprint density at radius 2 is 2.14 bits per heavy atom. The van der Waals surface area contributed by atoms with Crippen LogP contribution in [0.1, 0.15) is 33.6 Å². The van der Waals surface area contributed by atoms with Crippen LogP contribution in [-0.4, -0.2) is 38.1 Å². The number of rotatable bonds is 4. The van der Waals surface area contributed by atoms with Gasteiger partial charge in [0.15, 0.2) is 0 Å². The Hall–Kier alpha value is -0.0800. The average molecular weight is 198 g/mol. The van der Waals surface area contributed by atoms with Crippen molar-refractivity contribution in [2.24, 2.45) is 11.3 Å². The number of hydrogen-bond acceptors (Lipinski definition) is 2. The molecule has 0 aliphatic carbocycles. The lowest BCUT2D eigenvalue weighted by Crippen LogP contribution is -2.45. The lowest BCUT2D eigenvalue weighted by molar-refractivity contribution is 0.144. The first-order valence-electron chi connectivity index (χ1n) is 5.91. The quantitative estimate of drug-likeness (QED) is 0.743. The molecule has 1 aliphatic heterocycles. The van der Waals surface area contributed by atoms with E-state index in [0.29, 0.717) is 5.41 Å². The van der Waals surface area contributed by atoms with Gasteiger partial charge in [-0.25, -0.2) is 0 Å². The van der Waals surface area contributed by atoms with Crippen molar-refractivity contribution in [2.45, 2.75) is 33.6 Å². The minimum absolute atomic E-state index is 0.502. The maximum atomic E-state index is 3.51. The molecule has 0 spiro atoms. The van der Waals surface area contributed by atoms with Crippen LogP contribution in [0.3, 0.4) is 0 Å². The van der Waals surface area contributed by atoms with E-state index in [9.17, 15) is 0 Å². The highest BCUT2D eigenvalue weighted by molar-refractivity contribution is 4.83. The maximum absolute atomic E-state index is 3.51. The second-order valence-corrected chi connectivity index (χ2v) is 5.68. The third-order valence-electron chi connectivity index (χ3n) is 3.01. The summed E-state index contributed by atoms with van der Waals surface area (Å²) in [4.78, 5) is 2.48. The van der Waals surface area contributed by atoms with E-state index >= 15 is 0 Å². The summed E-state index contributed by atoms with van der Waals surface area (Å²) in [6.07, 6.45) is 2.72. The third-order valence-corrected chi connectivity index (χ3v) is 3.01. The Kier molecular flexibility index (Phi) is 4.39. The first-order chi connectivity index (χ1) is 6.52. The second kappa shape index (κ2) is 5.13. The Morgan fingerprint density at radius 1 is 1.43 bits per heavy atom. The second-order valence-electron chi connectivity index (χ2n) is 5.68. The van der Waals surface area contributed by atoms with Gasteiger partial charge in [-0.15, -0.1) is 0 Å². The van der Waals surface area contributed by atoms with Crippen molar-refractivity contribution >= 4 is 0 Å². The van der Waals surface area contributed by atoms with Gasteiger partial charge >= 0.3 is 0 Å². The van der Waals surface area contributed by atoms with Gasteiger partial charge in [-0.1, -0.05) is 20.8 Å². The van der Waals surface area contributed by atoms with Gasteiger partial charge < -0.3 is 10.2 Å². The summed E-state index contributed by atoms with van der Waals surface area (Å²) >= 11 is 0. The van der Waals surface area contributed by atoms with Gasteiger partial charge in [-0.05, 0) is 37.8 Å². The number of nitrogens with one attached hydrogen (secondary N) is 1. The van der Waals surface area contributed by atoms with Gasteiger partial charge in [0.2, 0.25) is 0 Å². The molecule has 1 unspecified atom stereocenters. The molecule has 1 rings (SSSR count). The summed E-state index contributed by atoms with van der Waals surface area (Å²) in [5.41, 5.74) is 0.502. The first-order valence-corrected chi connectivity index (χ1v) is 5.91. The zero-order valence-electron chi connectivity index (χ0n) is 10.3. The van der Waals surface area contributed by atoms with Crippen molar-refractivity contribution < 1.29 is 0 Å². The molecule has 0 bridgehead atoms. The molecule has 0 aromatic heterocycles. The predicted molar refractivity (Wildman–Crippen MR) is 62.5 cm³/mol. The summed E-state index contributed by atoms with van der Waals surface area (Å²) in [6, 6.07) is 0. The molecular formula is C12H26N2. The van der Waals surface area contributed by atoms with Crippen LogP contribution in [0.15, 0.2) is 0 Å². The SMILES string of the molecule is CC(C)CN(C)CC1(C)CCCNC1. The van der Waals surface area contributed by atoms with Crippen molar-refractivity contribution in [3.63, 3.8) is 0 Å². The van der Waals surface area contributed by atoms with Crippen molar-refractivity contribution in [2.75, 3.05) is 33.2 Å². The number of piperidine rings is 1. The third kappa shape index (κ3) is 3.97. The Labute approximate surface area is 89.1 Å². The predicted octanol–water partition coefficient (Wildman–Crippen LogP) is 1.96. The van der Waals surface area contributed by atoms with E-state index in [4.69, 9.17) is 0 Å². The molecule has 84 valence electrons. The molecule has 0 aromatic rings. The molecule has 1 aliphatic rings. The molecule has 0 amide bonds. The molecule has 1 saturated heterocycles.